The van der Waals surface area contributed by atoms with Crippen molar-refractivity contribution >= 4 is 0 Å². The van der Waals surface area contributed by atoms with Gasteiger partial charge in [0.2, 0.25) is 0 Å². The van der Waals surface area contributed by atoms with Gasteiger partial charge in [0.05, 0.1) is 26.0 Å². The molecule has 0 bridgehead atoms. The molecule has 1 aromatic heterocycles. The van der Waals surface area contributed by atoms with Gasteiger partial charge in [-0.25, -0.2) is 0 Å². The molecule has 152 valence electrons. The van der Waals surface area contributed by atoms with Gasteiger partial charge in [0, 0.05) is 43.5 Å². The molecular weight excluding hydrogens is 354 g/mol. The number of aromatic nitrogens is 1. The highest BCUT2D eigenvalue weighted by Crippen LogP contribution is 2.25. The lowest BCUT2D eigenvalue weighted by molar-refractivity contribution is -0.00968. The summed E-state index contributed by atoms with van der Waals surface area (Å²) in [6, 6.07) is 11.8. The van der Waals surface area contributed by atoms with Crippen LogP contribution in [-0.4, -0.2) is 55.4 Å². The Balaban J connectivity index is 1.61. The highest BCUT2D eigenvalue weighted by atomic mass is 16.5. The Kier molecular flexibility index (Phi) is 7.25. The number of ether oxygens (including phenoxy) is 3. The van der Waals surface area contributed by atoms with Gasteiger partial charge in [-0.1, -0.05) is 6.07 Å². The molecule has 2 aromatic rings. The summed E-state index contributed by atoms with van der Waals surface area (Å²) in [5.41, 5.74) is 2.05. The van der Waals surface area contributed by atoms with Crippen LogP contribution < -0.4 is 14.8 Å². The molecule has 0 spiro atoms. The Morgan fingerprint density at radius 3 is 2.71 bits per heavy atom. The number of benzene rings is 1. The zero-order chi connectivity index (χ0) is 19.8. The van der Waals surface area contributed by atoms with Crippen molar-refractivity contribution in [2.45, 2.75) is 32.5 Å². The first-order chi connectivity index (χ1) is 13.6. The van der Waals surface area contributed by atoms with Crippen LogP contribution in [0.3, 0.4) is 0 Å². The second-order valence-electron chi connectivity index (χ2n) is 7.60. The highest BCUT2D eigenvalue weighted by molar-refractivity contribution is 5.40. The molecule has 0 radical (unpaired) electrons. The van der Waals surface area contributed by atoms with Gasteiger partial charge in [0.15, 0.2) is 0 Å². The topological polar surface area (TPSA) is 55.9 Å². The minimum Gasteiger partial charge on any atom is -0.497 e. The molecule has 0 aliphatic carbocycles. The predicted molar refractivity (Wildman–Crippen MR) is 110 cm³/mol. The first-order valence-corrected chi connectivity index (χ1v) is 9.81. The first kappa shape index (κ1) is 20.6. The van der Waals surface area contributed by atoms with Crippen LogP contribution in [-0.2, 0) is 17.9 Å². The molecule has 6 nitrogen and oxygen atoms in total. The number of pyridine rings is 1. The summed E-state index contributed by atoms with van der Waals surface area (Å²) in [4.78, 5) is 6.80. The summed E-state index contributed by atoms with van der Waals surface area (Å²) >= 11 is 0. The van der Waals surface area contributed by atoms with Crippen molar-refractivity contribution in [3.8, 4) is 11.5 Å². The number of nitrogens with zero attached hydrogens (tertiary/aromatic N) is 2. The highest BCUT2D eigenvalue weighted by Gasteiger charge is 2.27. The summed E-state index contributed by atoms with van der Waals surface area (Å²) in [5.74, 6) is 1.68. The van der Waals surface area contributed by atoms with Crippen LogP contribution in [0.1, 0.15) is 25.1 Å². The summed E-state index contributed by atoms with van der Waals surface area (Å²) in [5, 5.41) is 3.60. The lowest BCUT2D eigenvalue weighted by Crippen LogP contribution is -2.54. The monoisotopic (exact) mass is 385 g/mol. The lowest BCUT2D eigenvalue weighted by atomic mass is 10.0. The third-order valence-electron chi connectivity index (χ3n) is 5.11. The summed E-state index contributed by atoms with van der Waals surface area (Å²) in [6.45, 7) is 10.2. The van der Waals surface area contributed by atoms with Crippen LogP contribution in [0.2, 0.25) is 0 Å². The quantitative estimate of drug-likeness (QED) is 0.716. The fourth-order valence-electron chi connectivity index (χ4n) is 3.38. The fourth-order valence-corrected chi connectivity index (χ4v) is 3.38. The maximum atomic E-state index is 6.04. The van der Waals surface area contributed by atoms with Crippen LogP contribution in [0, 0.1) is 0 Å². The molecular formula is C22H31N3O3. The number of rotatable bonds is 9. The Morgan fingerprint density at radius 1 is 1.18 bits per heavy atom. The molecule has 1 aromatic carbocycles. The van der Waals surface area contributed by atoms with E-state index in [1.807, 2.05) is 36.4 Å². The van der Waals surface area contributed by atoms with Crippen LogP contribution >= 0.6 is 0 Å². The van der Waals surface area contributed by atoms with Gasteiger partial charge < -0.3 is 19.5 Å². The lowest BCUT2D eigenvalue weighted by Gasteiger charge is -2.41. The van der Waals surface area contributed by atoms with Crippen LogP contribution in [0.15, 0.2) is 42.6 Å². The molecule has 28 heavy (non-hydrogen) atoms. The van der Waals surface area contributed by atoms with E-state index in [-0.39, 0.29) is 5.54 Å². The normalized spacial score (nSPS) is 15.4. The molecule has 3 rings (SSSR count). The number of morpholine rings is 1. The second kappa shape index (κ2) is 9.87. The molecule has 1 saturated heterocycles. The third kappa shape index (κ3) is 5.67. The molecule has 1 aliphatic heterocycles. The van der Waals surface area contributed by atoms with Crippen molar-refractivity contribution in [1.29, 1.82) is 0 Å². The summed E-state index contributed by atoms with van der Waals surface area (Å²) in [7, 11) is 1.68. The summed E-state index contributed by atoms with van der Waals surface area (Å²) < 4.78 is 16.9. The molecule has 6 heteroatoms. The van der Waals surface area contributed by atoms with E-state index >= 15 is 0 Å². The third-order valence-corrected chi connectivity index (χ3v) is 5.11. The second-order valence-corrected chi connectivity index (χ2v) is 7.60. The van der Waals surface area contributed by atoms with Gasteiger partial charge in [-0.2, -0.15) is 0 Å². The van der Waals surface area contributed by atoms with Gasteiger partial charge in [0.1, 0.15) is 18.1 Å². The van der Waals surface area contributed by atoms with Crippen molar-refractivity contribution in [2.75, 3.05) is 40.0 Å². The number of nitrogens with one attached hydrogen (secondary N) is 1. The molecule has 0 unspecified atom stereocenters. The molecule has 0 amide bonds. The fraction of sp³-hybridized carbons (Fsp3) is 0.500. The average molecular weight is 386 g/mol. The molecule has 2 heterocycles. The minimum atomic E-state index is 0.0671. The standard InChI is InChI=1S/C22H31N3O3/c1-22(2,25-10-12-27-13-11-25)17-23-15-18-14-20(26-3)7-8-21(18)28-16-19-6-4-5-9-24-19/h4-9,14,23H,10-13,15-17H2,1-3H3. The van der Waals surface area contributed by atoms with Crippen molar-refractivity contribution in [3.05, 3.63) is 53.9 Å². The van der Waals surface area contributed by atoms with E-state index in [0.717, 1.165) is 55.6 Å². The van der Waals surface area contributed by atoms with Gasteiger partial charge in [0.25, 0.3) is 0 Å². The minimum absolute atomic E-state index is 0.0671. The maximum Gasteiger partial charge on any atom is 0.130 e. The van der Waals surface area contributed by atoms with Gasteiger partial charge in [-0.15, -0.1) is 0 Å². The van der Waals surface area contributed by atoms with Crippen molar-refractivity contribution in [1.82, 2.24) is 15.2 Å². The number of hydrogen-bond donors (Lipinski definition) is 1. The van der Waals surface area contributed by atoms with Gasteiger partial charge in [-0.3, -0.25) is 9.88 Å². The van der Waals surface area contributed by atoms with E-state index in [1.165, 1.54) is 0 Å². The van der Waals surface area contributed by atoms with Crippen LogP contribution in [0.4, 0.5) is 0 Å². The Morgan fingerprint density at radius 2 is 2.00 bits per heavy atom. The molecule has 1 fully saturated rings. The molecule has 1 N–H and O–H groups in total. The van der Waals surface area contributed by atoms with Crippen molar-refractivity contribution in [3.63, 3.8) is 0 Å². The van der Waals surface area contributed by atoms with Gasteiger partial charge >= 0.3 is 0 Å². The smallest absolute Gasteiger partial charge is 0.130 e. The zero-order valence-corrected chi connectivity index (χ0v) is 17.1. The maximum absolute atomic E-state index is 6.04. The Bertz CT molecular complexity index is 731. The Labute approximate surface area is 167 Å². The van der Waals surface area contributed by atoms with E-state index in [2.05, 4.69) is 29.0 Å². The number of methoxy groups -OCH3 is 1. The molecule has 0 saturated carbocycles. The molecule has 1 aliphatic rings. The first-order valence-electron chi connectivity index (χ1n) is 9.81. The van der Waals surface area contributed by atoms with E-state index in [0.29, 0.717) is 13.2 Å². The molecule has 0 atom stereocenters. The van der Waals surface area contributed by atoms with Crippen LogP contribution in [0.25, 0.3) is 0 Å². The van der Waals surface area contributed by atoms with E-state index < -0.39 is 0 Å². The van der Waals surface area contributed by atoms with Gasteiger partial charge in [-0.05, 0) is 44.2 Å². The number of hydrogen-bond acceptors (Lipinski definition) is 6. The van der Waals surface area contributed by atoms with E-state index in [9.17, 15) is 0 Å². The van der Waals surface area contributed by atoms with Crippen molar-refractivity contribution in [2.24, 2.45) is 0 Å². The Hall–Kier alpha value is -2.15. The average Bonchev–Trinajstić information content (AvgIpc) is 2.74. The summed E-state index contributed by atoms with van der Waals surface area (Å²) in [6.07, 6.45) is 1.78. The predicted octanol–water partition coefficient (Wildman–Crippen LogP) is 2.87. The van der Waals surface area contributed by atoms with Crippen LogP contribution in [0.5, 0.6) is 11.5 Å². The van der Waals surface area contributed by atoms with E-state index in [1.54, 1.807) is 13.3 Å². The zero-order valence-electron chi connectivity index (χ0n) is 17.1. The SMILES string of the molecule is COc1ccc(OCc2ccccn2)c(CNCC(C)(C)N2CCOCC2)c1. The van der Waals surface area contributed by atoms with Crippen molar-refractivity contribution < 1.29 is 14.2 Å². The van der Waals surface area contributed by atoms with E-state index in [4.69, 9.17) is 14.2 Å². The largest absolute Gasteiger partial charge is 0.497 e.